The molecule has 3 nitrogen and oxygen atoms in total. The molecule has 17 heavy (non-hydrogen) atoms. The van der Waals surface area contributed by atoms with Gasteiger partial charge in [-0.3, -0.25) is 5.41 Å². The van der Waals surface area contributed by atoms with Crippen molar-refractivity contribution in [2.24, 2.45) is 0 Å². The van der Waals surface area contributed by atoms with Crippen molar-refractivity contribution in [1.82, 2.24) is 5.32 Å². The maximum Gasteiger partial charge on any atom is 0.121 e. The van der Waals surface area contributed by atoms with Crippen molar-refractivity contribution >= 4 is 5.71 Å². The minimum Gasteiger partial charge on any atom is -0.496 e. The van der Waals surface area contributed by atoms with Crippen LogP contribution in [-0.2, 0) is 0 Å². The van der Waals surface area contributed by atoms with Gasteiger partial charge in [-0.05, 0) is 50.1 Å². The fourth-order valence-electron chi connectivity index (χ4n) is 1.63. The third-order valence-corrected chi connectivity index (χ3v) is 3.00. The second kappa shape index (κ2) is 5.53. The van der Waals surface area contributed by atoms with Crippen LogP contribution in [0, 0.1) is 12.3 Å². The highest BCUT2D eigenvalue weighted by atomic mass is 16.5. The van der Waals surface area contributed by atoms with Crippen LogP contribution < -0.4 is 10.1 Å². The number of methoxy groups -OCH3 is 1. The molecule has 0 aliphatic rings. The number of nitrogens with one attached hydrogen (secondary N) is 2. The Balaban J connectivity index is 3.10. The van der Waals surface area contributed by atoms with Gasteiger partial charge in [0.2, 0.25) is 0 Å². The molecule has 1 rings (SSSR count). The van der Waals surface area contributed by atoms with Crippen LogP contribution in [0.15, 0.2) is 29.5 Å². The smallest absolute Gasteiger partial charge is 0.121 e. The Kier molecular flexibility index (Phi) is 4.32. The van der Waals surface area contributed by atoms with Crippen molar-refractivity contribution in [2.75, 3.05) is 14.2 Å². The van der Waals surface area contributed by atoms with Crippen LogP contribution in [0.5, 0.6) is 5.75 Å². The van der Waals surface area contributed by atoms with Gasteiger partial charge in [-0.25, -0.2) is 0 Å². The quantitative estimate of drug-likeness (QED) is 0.784. The molecule has 0 unspecified atom stereocenters. The van der Waals surface area contributed by atoms with Crippen LogP contribution in [0.3, 0.4) is 0 Å². The van der Waals surface area contributed by atoms with Crippen LogP contribution in [-0.4, -0.2) is 19.9 Å². The number of ether oxygens (including phenoxy) is 1. The number of benzene rings is 1. The van der Waals surface area contributed by atoms with E-state index < -0.39 is 0 Å². The Morgan fingerprint density at radius 2 is 1.94 bits per heavy atom. The molecule has 0 saturated carbocycles. The summed E-state index contributed by atoms with van der Waals surface area (Å²) in [5.74, 6) is 0.855. The van der Waals surface area contributed by atoms with Gasteiger partial charge in [0.1, 0.15) is 5.75 Å². The van der Waals surface area contributed by atoms with Crippen molar-refractivity contribution in [3.63, 3.8) is 0 Å². The van der Waals surface area contributed by atoms with E-state index in [1.165, 1.54) is 0 Å². The second-order valence-electron chi connectivity index (χ2n) is 4.06. The van der Waals surface area contributed by atoms with Crippen molar-refractivity contribution < 1.29 is 4.74 Å². The monoisotopic (exact) mass is 232 g/mol. The van der Waals surface area contributed by atoms with E-state index in [-0.39, 0.29) is 0 Å². The van der Waals surface area contributed by atoms with Gasteiger partial charge in [-0.15, -0.1) is 0 Å². The zero-order chi connectivity index (χ0) is 13.0. The minimum absolute atomic E-state index is 0.544. The van der Waals surface area contributed by atoms with Gasteiger partial charge in [-0.2, -0.15) is 0 Å². The van der Waals surface area contributed by atoms with Crippen molar-refractivity contribution in [3.8, 4) is 5.75 Å². The highest BCUT2D eigenvalue weighted by molar-refractivity contribution is 6.10. The Morgan fingerprint density at radius 3 is 2.41 bits per heavy atom. The molecule has 0 spiro atoms. The fraction of sp³-hybridized carbons (Fsp3) is 0.357. The molecular formula is C14H20N2O. The van der Waals surface area contributed by atoms with E-state index in [1.54, 1.807) is 7.11 Å². The molecule has 0 aromatic heterocycles. The Labute approximate surface area is 103 Å². The molecule has 0 fully saturated rings. The molecule has 0 radical (unpaired) electrons. The molecule has 3 heteroatoms. The van der Waals surface area contributed by atoms with E-state index in [1.807, 2.05) is 46.0 Å². The maximum absolute atomic E-state index is 8.15. The third-order valence-electron chi connectivity index (χ3n) is 3.00. The predicted molar refractivity (Wildman–Crippen MR) is 72.0 cm³/mol. The second-order valence-corrected chi connectivity index (χ2v) is 4.06. The first-order valence-electron chi connectivity index (χ1n) is 5.60. The van der Waals surface area contributed by atoms with Crippen LogP contribution >= 0.6 is 0 Å². The highest BCUT2D eigenvalue weighted by Gasteiger charge is 2.08. The summed E-state index contributed by atoms with van der Waals surface area (Å²) in [4.78, 5) is 0. The average Bonchev–Trinajstić information content (AvgIpc) is 2.35. The van der Waals surface area contributed by atoms with Crippen molar-refractivity contribution in [2.45, 2.75) is 20.8 Å². The van der Waals surface area contributed by atoms with E-state index in [4.69, 9.17) is 10.1 Å². The molecular weight excluding hydrogens is 212 g/mol. The van der Waals surface area contributed by atoms with Gasteiger partial charge in [0.25, 0.3) is 0 Å². The Hall–Kier alpha value is -1.77. The summed E-state index contributed by atoms with van der Waals surface area (Å²) in [5, 5.41) is 11.2. The highest BCUT2D eigenvalue weighted by Crippen LogP contribution is 2.20. The van der Waals surface area contributed by atoms with Gasteiger partial charge in [0, 0.05) is 18.3 Å². The topological polar surface area (TPSA) is 45.1 Å². The number of hydrogen-bond acceptors (Lipinski definition) is 3. The molecule has 2 N–H and O–H groups in total. The molecule has 0 heterocycles. The lowest BCUT2D eigenvalue weighted by molar-refractivity contribution is 0.411. The molecule has 0 aliphatic carbocycles. The Morgan fingerprint density at radius 1 is 1.29 bits per heavy atom. The fourth-order valence-corrected chi connectivity index (χ4v) is 1.63. The number of hydrogen-bond donors (Lipinski definition) is 2. The minimum atomic E-state index is 0.544. The molecule has 0 saturated heterocycles. The molecule has 92 valence electrons. The molecule has 1 aromatic carbocycles. The van der Waals surface area contributed by atoms with Crippen LogP contribution in [0.1, 0.15) is 25.0 Å². The summed E-state index contributed by atoms with van der Waals surface area (Å²) in [5.41, 5.74) is 4.48. The molecule has 0 bridgehead atoms. The van der Waals surface area contributed by atoms with E-state index in [0.717, 1.165) is 28.1 Å². The van der Waals surface area contributed by atoms with Gasteiger partial charge in [-0.1, -0.05) is 0 Å². The summed E-state index contributed by atoms with van der Waals surface area (Å²) < 4.78 is 5.21. The van der Waals surface area contributed by atoms with Crippen molar-refractivity contribution in [1.29, 1.82) is 5.41 Å². The van der Waals surface area contributed by atoms with Crippen molar-refractivity contribution in [3.05, 3.63) is 40.6 Å². The third kappa shape index (κ3) is 2.87. The predicted octanol–water partition coefficient (Wildman–Crippen LogP) is 2.88. The van der Waals surface area contributed by atoms with Gasteiger partial charge in [0.15, 0.2) is 0 Å². The van der Waals surface area contributed by atoms with Crippen LogP contribution in [0.25, 0.3) is 0 Å². The largest absolute Gasteiger partial charge is 0.496 e. The van der Waals surface area contributed by atoms with Crippen LogP contribution in [0.2, 0.25) is 0 Å². The summed E-state index contributed by atoms with van der Waals surface area (Å²) in [6.07, 6.45) is 0. The summed E-state index contributed by atoms with van der Waals surface area (Å²) >= 11 is 0. The summed E-state index contributed by atoms with van der Waals surface area (Å²) in [7, 11) is 3.52. The first-order valence-corrected chi connectivity index (χ1v) is 5.60. The normalized spacial score (nSPS) is 11.8. The first kappa shape index (κ1) is 13.3. The lowest BCUT2D eigenvalue weighted by atomic mass is 10.0. The maximum atomic E-state index is 8.15. The number of rotatable bonds is 4. The van der Waals surface area contributed by atoms with Gasteiger partial charge >= 0.3 is 0 Å². The molecule has 0 amide bonds. The lowest BCUT2D eigenvalue weighted by Gasteiger charge is -2.11. The van der Waals surface area contributed by atoms with E-state index in [9.17, 15) is 0 Å². The van der Waals surface area contributed by atoms with Crippen LogP contribution in [0.4, 0.5) is 0 Å². The van der Waals surface area contributed by atoms with E-state index in [0.29, 0.717) is 5.71 Å². The molecule has 0 atom stereocenters. The SMILES string of the molecule is CN/C(C)=C(/C)C(=N)c1ccc(OC)c(C)c1. The first-order chi connectivity index (χ1) is 8.01. The zero-order valence-corrected chi connectivity index (χ0v) is 11.1. The van der Waals surface area contributed by atoms with Gasteiger partial charge < -0.3 is 10.1 Å². The Bertz CT molecular complexity index is 461. The number of allylic oxidation sites excluding steroid dienone is 2. The average molecular weight is 232 g/mol. The van der Waals surface area contributed by atoms with E-state index in [2.05, 4.69) is 5.32 Å². The number of aryl methyl sites for hydroxylation is 1. The lowest BCUT2D eigenvalue weighted by Crippen LogP contribution is -2.11. The van der Waals surface area contributed by atoms with Gasteiger partial charge in [0.05, 0.1) is 12.8 Å². The summed E-state index contributed by atoms with van der Waals surface area (Å²) in [6.45, 7) is 5.91. The van der Waals surface area contributed by atoms with E-state index >= 15 is 0 Å². The molecule has 0 aliphatic heterocycles. The zero-order valence-electron chi connectivity index (χ0n) is 11.1. The standard InChI is InChI=1S/C14H20N2O/c1-9-8-12(6-7-13(9)17-5)14(15)10(2)11(3)16-4/h6-8,15-16H,1-5H3/b11-10-,15-14?. The molecule has 1 aromatic rings. The summed E-state index contributed by atoms with van der Waals surface area (Å²) in [6, 6.07) is 5.80.